The first-order valence-electron chi connectivity index (χ1n) is 4.14. The molecule has 5 heteroatoms. The molecule has 1 fully saturated rings. The summed E-state index contributed by atoms with van der Waals surface area (Å²) in [6.45, 7) is 0.982. The van der Waals surface area contributed by atoms with Crippen molar-refractivity contribution in [3.05, 3.63) is 12.2 Å². The second-order valence-corrected chi connectivity index (χ2v) is 3.02. The minimum atomic E-state index is -0.546. The molecule has 0 spiro atoms. The van der Waals surface area contributed by atoms with Crippen LogP contribution in [0, 0.1) is 0 Å². The fourth-order valence-electron chi connectivity index (χ4n) is 1.53. The van der Waals surface area contributed by atoms with Crippen molar-refractivity contribution in [2.24, 2.45) is 0 Å². The van der Waals surface area contributed by atoms with Crippen LogP contribution in [0.4, 0.5) is 0 Å². The topological polar surface area (TPSA) is 73.8 Å². The highest BCUT2D eigenvalue weighted by Gasteiger charge is 2.25. The Morgan fingerprint density at radius 1 is 1.67 bits per heavy atom. The Labute approximate surface area is 70.2 Å². The van der Waals surface area contributed by atoms with Crippen molar-refractivity contribution < 1.29 is 5.11 Å². The van der Waals surface area contributed by atoms with Crippen molar-refractivity contribution in [1.29, 1.82) is 0 Å². The van der Waals surface area contributed by atoms with Gasteiger partial charge in [-0.1, -0.05) is 0 Å². The molecular formula is C7H12N4O. The van der Waals surface area contributed by atoms with Crippen molar-refractivity contribution in [3.63, 3.8) is 0 Å². The van der Waals surface area contributed by atoms with Crippen LogP contribution in [-0.4, -0.2) is 32.9 Å². The number of H-pyrrole nitrogens is 1. The van der Waals surface area contributed by atoms with Gasteiger partial charge in [0.25, 0.3) is 0 Å². The maximum atomic E-state index is 9.71. The number of aliphatic hydroxyl groups is 1. The van der Waals surface area contributed by atoms with Crippen molar-refractivity contribution in [1.82, 2.24) is 20.5 Å². The van der Waals surface area contributed by atoms with Gasteiger partial charge in [-0.15, -0.1) is 0 Å². The molecular weight excluding hydrogens is 156 g/mol. The lowest BCUT2D eigenvalue weighted by Gasteiger charge is -2.14. The summed E-state index contributed by atoms with van der Waals surface area (Å²) < 4.78 is 0. The number of hydrogen-bond acceptors (Lipinski definition) is 4. The first kappa shape index (κ1) is 7.70. The number of rotatable bonds is 2. The number of nitrogens with zero attached hydrogens (tertiary/aromatic N) is 2. The minimum Gasteiger partial charge on any atom is -0.383 e. The molecule has 1 aliphatic heterocycles. The number of aliphatic hydroxyl groups excluding tert-OH is 1. The molecule has 2 heterocycles. The van der Waals surface area contributed by atoms with E-state index < -0.39 is 6.10 Å². The summed E-state index contributed by atoms with van der Waals surface area (Å²) in [6.07, 6.45) is 2.99. The predicted octanol–water partition coefficient (Wildman–Crippen LogP) is -0.410. The van der Waals surface area contributed by atoms with Gasteiger partial charge in [0.05, 0.1) is 0 Å². The van der Waals surface area contributed by atoms with Crippen LogP contribution in [0.5, 0.6) is 0 Å². The Bertz CT molecular complexity index is 230. The summed E-state index contributed by atoms with van der Waals surface area (Å²) in [7, 11) is 0. The summed E-state index contributed by atoms with van der Waals surface area (Å²) in [5.41, 5.74) is 0. The molecule has 0 aromatic carbocycles. The molecule has 3 N–H and O–H groups in total. The van der Waals surface area contributed by atoms with E-state index in [1.165, 1.54) is 6.33 Å². The maximum absolute atomic E-state index is 9.71. The number of nitrogens with one attached hydrogen (secondary N) is 2. The number of hydrogen-bond donors (Lipinski definition) is 3. The highest BCUT2D eigenvalue weighted by atomic mass is 16.3. The van der Waals surface area contributed by atoms with E-state index in [9.17, 15) is 5.11 Å². The number of aromatic nitrogens is 3. The highest BCUT2D eigenvalue weighted by Crippen LogP contribution is 2.18. The largest absolute Gasteiger partial charge is 0.383 e. The van der Waals surface area contributed by atoms with Crippen LogP contribution >= 0.6 is 0 Å². The van der Waals surface area contributed by atoms with Gasteiger partial charge in [0.2, 0.25) is 0 Å². The molecule has 0 aliphatic carbocycles. The molecule has 2 atom stereocenters. The third-order valence-corrected chi connectivity index (χ3v) is 2.19. The first-order valence-corrected chi connectivity index (χ1v) is 4.14. The Hall–Kier alpha value is -0.940. The standard InChI is InChI=1S/C7H12N4O/c12-6(5-2-1-3-8-5)7-9-4-10-11-7/h4-6,8,12H,1-3H2,(H,9,10,11)/t5-,6?/m0/s1. The lowest BCUT2D eigenvalue weighted by Crippen LogP contribution is -2.29. The molecule has 1 saturated heterocycles. The molecule has 0 amide bonds. The van der Waals surface area contributed by atoms with Crippen LogP contribution < -0.4 is 5.32 Å². The predicted molar refractivity (Wildman–Crippen MR) is 42.4 cm³/mol. The highest BCUT2D eigenvalue weighted by molar-refractivity contribution is 4.95. The quantitative estimate of drug-likeness (QED) is 0.561. The van der Waals surface area contributed by atoms with E-state index in [1.54, 1.807) is 0 Å². The average molecular weight is 168 g/mol. The third-order valence-electron chi connectivity index (χ3n) is 2.19. The van der Waals surface area contributed by atoms with Crippen molar-refractivity contribution >= 4 is 0 Å². The van der Waals surface area contributed by atoms with Gasteiger partial charge in [0.15, 0.2) is 5.82 Å². The molecule has 1 aromatic heterocycles. The van der Waals surface area contributed by atoms with Gasteiger partial charge >= 0.3 is 0 Å². The van der Waals surface area contributed by atoms with Gasteiger partial charge in [-0.2, -0.15) is 5.10 Å². The fourth-order valence-corrected chi connectivity index (χ4v) is 1.53. The molecule has 12 heavy (non-hydrogen) atoms. The zero-order valence-corrected chi connectivity index (χ0v) is 6.70. The van der Waals surface area contributed by atoms with Gasteiger partial charge in [-0.3, -0.25) is 5.10 Å². The molecule has 0 saturated carbocycles. The monoisotopic (exact) mass is 168 g/mol. The van der Waals surface area contributed by atoms with Crippen LogP contribution in [0.3, 0.4) is 0 Å². The Morgan fingerprint density at radius 2 is 2.58 bits per heavy atom. The van der Waals surface area contributed by atoms with Crippen LogP contribution in [0.25, 0.3) is 0 Å². The van der Waals surface area contributed by atoms with E-state index in [-0.39, 0.29) is 6.04 Å². The van der Waals surface area contributed by atoms with Gasteiger partial charge < -0.3 is 10.4 Å². The first-order chi connectivity index (χ1) is 5.88. The van der Waals surface area contributed by atoms with Crippen LogP contribution in [-0.2, 0) is 0 Å². The van der Waals surface area contributed by atoms with E-state index in [4.69, 9.17) is 0 Å². The molecule has 1 aliphatic rings. The third kappa shape index (κ3) is 1.33. The van der Waals surface area contributed by atoms with Crippen molar-refractivity contribution in [2.75, 3.05) is 6.54 Å². The molecule has 1 unspecified atom stereocenters. The fraction of sp³-hybridized carbons (Fsp3) is 0.714. The maximum Gasteiger partial charge on any atom is 0.154 e. The summed E-state index contributed by atoms with van der Waals surface area (Å²) in [4.78, 5) is 3.90. The van der Waals surface area contributed by atoms with E-state index in [1.807, 2.05) is 0 Å². The van der Waals surface area contributed by atoms with Crippen molar-refractivity contribution in [2.45, 2.75) is 25.0 Å². The zero-order valence-electron chi connectivity index (χ0n) is 6.70. The minimum absolute atomic E-state index is 0.137. The lowest BCUT2D eigenvalue weighted by molar-refractivity contribution is 0.129. The second kappa shape index (κ2) is 3.20. The van der Waals surface area contributed by atoms with E-state index in [0.717, 1.165) is 19.4 Å². The SMILES string of the molecule is OC(c1ncn[nH]1)[C@@H]1CCCN1. The Morgan fingerprint density at radius 3 is 3.17 bits per heavy atom. The van der Waals surface area contributed by atoms with Crippen LogP contribution in [0.15, 0.2) is 6.33 Å². The summed E-state index contributed by atoms with van der Waals surface area (Å²) in [5.74, 6) is 0.550. The normalized spacial score (nSPS) is 25.9. The molecule has 2 rings (SSSR count). The zero-order chi connectivity index (χ0) is 8.39. The van der Waals surface area contributed by atoms with Gasteiger partial charge in [0, 0.05) is 6.04 Å². The number of aromatic amines is 1. The van der Waals surface area contributed by atoms with Crippen LogP contribution in [0.1, 0.15) is 24.8 Å². The summed E-state index contributed by atoms with van der Waals surface area (Å²) >= 11 is 0. The second-order valence-electron chi connectivity index (χ2n) is 3.02. The average Bonchev–Trinajstić information content (AvgIpc) is 2.77. The lowest BCUT2D eigenvalue weighted by atomic mass is 10.1. The van der Waals surface area contributed by atoms with Gasteiger partial charge in [0.1, 0.15) is 12.4 Å². The van der Waals surface area contributed by atoms with Gasteiger partial charge in [-0.05, 0) is 19.4 Å². The van der Waals surface area contributed by atoms with Crippen LogP contribution in [0.2, 0.25) is 0 Å². The molecule has 66 valence electrons. The van der Waals surface area contributed by atoms with E-state index >= 15 is 0 Å². The Kier molecular flexibility index (Phi) is 2.05. The smallest absolute Gasteiger partial charge is 0.154 e. The Balaban J connectivity index is 2.04. The molecule has 1 aromatic rings. The molecule has 5 nitrogen and oxygen atoms in total. The van der Waals surface area contributed by atoms with E-state index in [0.29, 0.717) is 5.82 Å². The summed E-state index contributed by atoms with van der Waals surface area (Å²) in [5, 5.41) is 19.3. The van der Waals surface area contributed by atoms with Crippen molar-refractivity contribution in [3.8, 4) is 0 Å². The van der Waals surface area contributed by atoms with Gasteiger partial charge in [-0.25, -0.2) is 4.98 Å². The molecule has 0 radical (unpaired) electrons. The summed E-state index contributed by atoms with van der Waals surface area (Å²) in [6, 6.07) is 0.137. The van der Waals surface area contributed by atoms with E-state index in [2.05, 4.69) is 20.5 Å². The molecule has 0 bridgehead atoms.